The molecule has 0 amide bonds. The first-order chi connectivity index (χ1) is 25.4. The van der Waals surface area contributed by atoms with Gasteiger partial charge in [0.05, 0.1) is 22.8 Å². The van der Waals surface area contributed by atoms with Gasteiger partial charge in [-0.25, -0.2) is 9.97 Å². The molecule has 0 atom stereocenters. The number of hydrogen-bond acceptors (Lipinski definition) is 3. The summed E-state index contributed by atoms with van der Waals surface area (Å²) in [5.74, 6) is 0. The maximum absolute atomic E-state index is 5.43. The Morgan fingerprint density at radius 2 is 0.885 bits per heavy atom. The molecule has 250 valence electrons. The highest BCUT2D eigenvalue weighted by Gasteiger charge is 2.19. The molecule has 2 aliphatic heterocycles. The van der Waals surface area contributed by atoms with E-state index in [4.69, 9.17) is 9.97 Å². The number of benzene rings is 4. The molecule has 3 nitrogen and oxygen atoms in total. The first-order valence-corrected chi connectivity index (χ1v) is 19.3. The van der Waals surface area contributed by atoms with Gasteiger partial charge in [-0.15, -0.1) is 11.3 Å². The predicted molar refractivity (Wildman–Crippen MR) is 231 cm³/mol. The van der Waals surface area contributed by atoms with E-state index in [-0.39, 0.29) is 0 Å². The Balaban J connectivity index is 1.47. The number of aromatic nitrogens is 3. The quantitative estimate of drug-likeness (QED) is 0.180. The van der Waals surface area contributed by atoms with Crippen molar-refractivity contribution in [1.29, 1.82) is 0 Å². The van der Waals surface area contributed by atoms with E-state index in [1.54, 1.807) is 0 Å². The van der Waals surface area contributed by atoms with E-state index in [0.29, 0.717) is 0 Å². The van der Waals surface area contributed by atoms with E-state index in [1.165, 1.54) is 40.8 Å². The van der Waals surface area contributed by atoms with Crippen molar-refractivity contribution in [2.75, 3.05) is 0 Å². The summed E-state index contributed by atoms with van der Waals surface area (Å²) >= 11 is 4.22. The molecule has 1 N–H and O–H groups in total. The number of hydrogen-bond donors (Lipinski definition) is 1. The molecular formula is C47H34IN3S. The zero-order valence-electron chi connectivity index (χ0n) is 29.0. The molecule has 3 aromatic heterocycles. The monoisotopic (exact) mass is 799 g/mol. The molecule has 0 aliphatic carbocycles. The van der Waals surface area contributed by atoms with Crippen molar-refractivity contribution in [2.45, 2.75) is 20.8 Å². The average Bonchev–Trinajstić information content (AvgIpc) is 3.98. The molecule has 0 spiro atoms. The number of nitrogens with one attached hydrogen (secondary N) is 1. The number of halogens is 1. The van der Waals surface area contributed by atoms with Gasteiger partial charge in [-0.2, -0.15) is 0 Å². The van der Waals surface area contributed by atoms with Gasteiger partial charge >= 0.3 is 0 Å². The number of aromatic amines is 1. The van der Waals surface area contributed by atoms with Crippen LogP contribution in [0.15, 0.2) is 121 Å². The number of rotatable bonds is 4. The van der Waals surface area contributed by atoms with Crippen molar-refractivity contribution in [2.24, 2.45) is 0 Å². The van der Waals surface area contributed by atoms with Gasteiger partial charge in [-0.05, 0) is 126 Å². The lowest BCUT2D eigenvalue weighted by atomic mass is 10.0. The van der Waals surface area contributed by atoms with Crippen LogP contribution in [0.5, 0.6) is 0 Å². The van der Waals surface area contributed by atoms with Crippen molar-refractivity contribution in [3.8, 4) is 44.5 Å². The van der Waals surface area contributed by atoms with Gasteiger partial charge in [0.1, 0.15) is 0 Å². The Morgan fingerprint density at radius 3 is 1.42 bits per heavy atom. The number of nitrogens with zero attached hydrogens (tertiary/aromatic N) is 2. The topological polar surface area (TPSA) is 41.6 Å². The van der Waals surface area contributed by atoms with E-state index in [0.717, 1.165) is 67.2 Å². The zero-order valence-corrected chi connectivity index (χ0v) is 32.0. The maximum Gasteiger partial charge on any atom is 0.0738 e. The van der Waals surface area contributed by atoms with E-state index in [9.17, 15) is 0 Å². The van der Waals surface area contributed by atoms with Gasteiger partial charge in [0.15, 0.2) is 0 Å². The summed E-state index contributed by atoms with van der Waals surface area (Å²) in [6.45, 7) is 6.38. The minimum atomic E-state index is 0.897. The zero-order chi connectivity index (χ0) is 35.3. The fourth-order valence-electron chi connectivity index (χ4n) is 7.09. The van der Waals surface area contributed by atoms with Crippen molar-refractivity contribution < 1.29 is 0 Å². The molecule has 7 aromatic rings. The summed E-state index contributed by atoms with van der Waals surface area (Å²) in [6.07, 6.45) is 8.63. The van der Waals surface area contributed by atoms with E-state index in [1.807, 2.05) is 11.3 Å². The third-order valence-electron chi connectivity index (χ3n) is 9.76. The Bertz CT molecular complexity index is 2600. The highest BCUT2D eigenvalue weighted by atomic mass is 127. The summed E-state index contributed by atoms with van der Waals surface area (Å²) in [7, 11) is 0. The van der Waals surface area contributed by atoms with Gasteiger partial charge in [0.2, 0.25) is 0 Å². The highest BCUT2D eigenvalue weighted by Crippen LogP contribution is 2.41. The van der Waals surface area contributed by atoms with Gasteiger partial charge in [-0.3, -0.25) is 0 Å². The van der Waals surface area contributed by atoms with Crippen LogP contribution in [0.1, 0.15) is 39.5 Å². The van der Waals surface area contributed by atoms with Crippen LogP contribution in [-0.4, -0.2) is 15.0 Å². The second-order valence-corrected chi connectivity index (χ2v) is 15.8. The molecule has 0 radical (unpaired) electrons. The molecule has 0 saturated heterocycles. The van der Waals surface area contributed by atoms with E-state index in [2.05, 4.69) is 194 Å². The smallest absolute Gasteiger partial charge is 0.0738 e. The van der Waals surface area contributed by atoms with Gasteiger partial charge in [-0.1, -0.05) is 102 Å². The van der Waals surface area contributed by atoms with Crippen LogP contribution in [0, 0.1) is 24.3 Å². The summed E-state index contributed by atoms with van der Waals surface area (Å²) in [6, 6.07) is 44.0. The molecule has 0 unspecified atom stereocenters. The van der Waals surface area contributed by atoms with Crippen LogP contribution in [0.2, 0.25) is 0 Å². The third-order valence-corrected chi connectivity index (χ3v) is 11.6. The van der Waals surface area contributed by atoms with Crippen LogP contribution in [0.3, 0.4) is 0 Å². The highest BCUT2D eigenvalue weighted by molar-refractivity contribution is 14.1. The van der Waals surface area contributed by atoms with Crippen molar-refractivity contribution in [3.63, 3.8) is 0 Å². The molecular weight excluding hydrogens is 766 g/mol. The predicted octanol–water partition coefficient (Wildman–Crippen LogP) is 13.6. The molecule has 5 heteroatoms. The van der Waals surface area contributed by atoms with Crippen LogP contribution >= 0.6 is 33.9 Å². The van der Waals surface area contributed by atoms with E-state index < -0.39 is 0 Å². The average molecular weight is 800 g/mol. The SMILES string of the molecule is Cc1ccc(-c2c3nc(c(-c4ccc(C)cc4)c4ccc([nH]4)c(-c4cccc(I)c4)c4ccc(s4)c(-c4ccc(C)cc4)c4nc2C=C4)C=C3)cc1. The Morgan fingerprint density at radius 1 is 0.442 bits per heavy atom. The number of thiophene rings is 1. The fraction of sp³-hybridized carbons (Fsp3) is 0.0638. The third kappa shape index (κ3) is 6.04. The lowest BCUT2D eigenvalue weighted by molar-refractivity contribution is 1.28. The van der Waals surface area contributed by atoms with Crippen LogP contribution in [-0.2, 0) is 0 Å². The lowest BCUT2D eigenvalue weighted by Gasteiger charge is -2.07. The molecule has 4 aromatic carbocycles. The fourth-order valence-corrected chi connectivity index (χ4v) is 8.80. The van der Waals surface area contributed by atoms with E-state index >= 15 is 0 Å². The largest absolute Gasteiger partial charge is 0.354 e. The van der Waals surface area contributed by atoms with Gasteiger partial charge in [0.25, 0.3) is 0 Å². The van der Waals surface area contributed by atoms with Crippen molar-refractivity contribution in [1.82, 2.24) is 15.0 Å². The molecule has 52 heavy (non-hydrogen) atoms. The molecule has 0 saturated carbocycles. The van der Waals surface area contributed by atoms with Crippen LogP contribution < -0.4 is 0 Å². The van der Waals surface area contributed by atoms with Crippen LogP contribution in [0.4, 0.5) is 0 Å². The summed E-state index contributed by atoms with van der Waals surface area (Å²) in [5.41, 5.74) is 18.3. The van der Waals surface area contributed by atoms with Gasteiger partial charge in [0, 0.05) is 46.3 Å². The number of H-pyrrole nitrogens is 1. The molecule has 8 bridgehead atoms. The normalized spacial score (nSPS) is 12.1. The number of fused-ring (bicyclic) bond motifs is 8. The molecule has 5 heterocycles. The standard InChI is InChI=1S/C47H34IN3S/c1-28-7-13-31(14-8-28)44-36-19-20-37(49-36)45(32-15-9-29(2)10-16-32)39-22-24-41(51-39)47(34-5-4-6-35(48)27-34)43-26-25-42(52-43)46(40-23-21-38(44)50-40)33-17-11-30(3)12-18-33/h4-27,51H,1-3H3. The molecule has 2 aliphatic rings. The van der Waals surface area contributed by atoms with Crippen molar-refractivity contribution >= 4 is 78.7 Å². The lowest BCUT2D eigenvalue weighted by Crippen LogP contribution is -1.91. The summed E-state index contributed by atoms with van der Waals surface area (Å²) < 4.78 is 3.55. The second-order valence-electron chi connectivity index (χ2n) is 13.5. The van der Waals surface area contributed by atoms with Gasteiger partial charge < -0.3 is 4.98 Å². The first-order valence-electron chi connectivity index (χ1n) is 17.4. The summed E-state index contributed by atoms with van der Waals surface area (Å²) in [4.78, 5) is 14.7. The number of aryl methyl sites for hydroxylation is 3. The first kappa shape index (κ1) is 32.5. The second kappa shape index (κ2) is 13.3. The van der Waals surface area contributed by atoms with Crippen molar-refractivity contribution in [3.05, 3.63) is 164 Å². The molecule has 9 rings (SSSR count). The van der Waals surface area contributed by atoms with Crippen LogP contribution in [0.25, 0.3) is 89.2 Å². The minimum Gasteiger partial charge on any atom is -0.354 e. The Kier molecular flexibility index (Phi) is 8.33. The summed E-state index contributed by atoms with van der Waals surface area (Å²) in [5, 5.41) is 0. The Labute approximate surface area is 321 Å². The maximum atomic E-state index is 5.43. The molecule has 0 fully saturated rings. The minimum absolute atomic E-state index is 0.897. The Hall–Kier alpha value is -5.37.